The Labute approximate surface area is 155 Å². The van der Waals surface area contributed by atoms with Gasteiger partial charge in [-0.25, -0.2) is 17.2 Å². The Morgan fingerprint density at radius 3 is 1.64 bits per heavy atom. The van der Waals surface area contributed by atoms with Crippen molar-refractivity contribution < 1.29 is 43.0 Å². The maximum absolute atomic E-state index is 12.5. The van der Waals surface area contributed by atoms with E-state index in [2.05, 4.69) is 60.7 Å². The van der Waals surface area contributed by atoms with E-state index in [1.165, 1.54) is 7.14 Å². The van der Waals surface area contributed by atoms with Crippen molar-refractivity contribution in [1.29, 1.82) is 0 Å². The Hall–Kier alpha value is -1.84. The fourth-order valence-corrected chi connectivity index (χ4v) is 4.56. The minimum atomic E-state index is -4.84. The normalized spacial score (nSPS) is 10.7. The van der Waals surface area contributed by atoms with E-state index in [1.807, 2.05) is 0 Å². The molecule has 0 unspecified atom stereocenters. The van der Waals surface area contributed by atoms with E-state index in [-0.39, 0.29) is 21.2 Å². The van der Waals surface area contributed by atoms with Crippen molar-refractivity contribution in [3.8, 4) is 0 Å². The lowest BCUT2D eigenvalue weighted by Crippen LogP contribution is -3.61. The Bertz CT molecular complexity index is 880. The van der Waals surface area contributed by atoms with Gasteiger partial charge in [0.05, 0.1) is 4.90 Å². The Kier molecular flexibility index (Phi) is 7.03. The Morgan fingerprint density at radius 2 is 1.24 bits per heavy atom. The minimum Gasteiger partial charge on any atom is -0.744 e. The quantitative estimate of drug-likeness (QED) is 0.415. The van der Waals surface area contributed by atoms with Gasteiger partial charge in [0.1, 0.15) is 21.8 Å². The second kappa shape index (κ2) is 9.02. The molecule has 0 saturated carbocycles. The van der Waals surface area contributed by atoms with Crippen LogP contribution in [0.15, 0.2) is 83.8 Å². The molecule has 25 heavy (non-hydrogen) atoms. The molecule has 0 radical (unpaired) electrons. The number of hydrogen-bond acceptors (Lipinski definition) is 3. The topological polar surface area (TPSA) is 57.2 Å². The lowest BCUT2D eigenvalue weighted by atomic mass is 10.3. The van der Waals surface area contributed by atoms with Crippen LogP contribution >= 0.6 is 0 Å². The first kappa shape index (κ1) is 19.5. The maximum atomic E-state index is 12.5. The second-order valence-electron chi connectivity index (χ2n) is 4.71. The molecule has 0 atom stereocenters. The van der Waals surface area contributed by atoms with Gasteiger partial charge in [-0.3, -0.25) is 0 Å². The highest BCUT2D eigenvalue weighted by atomic mass is 127. The zero-order valence-electron chi connectivity index (χ0n) is 12.8. The molecule has 3 nitrogen and oxygen atoms in total. The van der Waals surface area contributed by atoms with E-state index in [9.17, 15) is 21.8 Å². The standard InChI is InChI=1S/C12H10I.C6H4F2O3S/c1-3-7-11(8-4-1)13-12-9-5-2-6-10-12;7-4-1-2-6(5(8)3-4)12(9,10)11/h1-10H;1-3H,(H,9,10,11)/q+1;/p-1. The predicted molar refractivity (Wildman–Crippen MR) is 84.6 cm³/mol. The number of halogens is 3. The summed E-state index contributed by atoms with van der Waals surface area (Å²) in [6, 6.07) is 23.0. The zero-order valence-corrected chi connectivity index (χ0v) is 15.7. The average Bonchev–Trinajstić information content (AvgIpc) is 2.56. The summed E-state index contributed by atoms with van der Waals surface area (Å²) in [5.41, 5.74) is 0. The molecule has 130 valence electrons. The van der Waals surface area contributed by atoms with E-state index in [4.69, 9.17) is 0 Å². The lowest BCUT2D eigenvalue weighted by Gasteiger charge is -2.06. The third-order valence-corrected chi connectivity index (χ3v) is 6.40. The van der Waals surface area contributed by atoms with E-state index in [0.717, 1.165) is 0 Å². The average molecular weight is 474 g/mol. The van der Waals surface area contributed by atoms with Crippen LogP contribution < -0.4 is 21.2 Å². The van der Waals surface area contributed by atoms with Gasteiger partial charge in [0, 0.05) is 6.07 Å². The second-order valence-corrected chi connectivity index (χ2v) is 9.09. The summed E-state index contributed by atoms with van der Waals surface area (Å²) < 4.78 is 58.4. The molecule has 0 aliphatic rings. The number of rotatable bonds is 3. The fraction of sp³-hybridized carbons (Fsp3) is 0. The van der Waals surface area contributed by atoms with Crippen LogP contribution in [-0.4, -0.2) is 13.0 Å². The number of hydrogen-bond donors (Lipinski definition) is 0. The van der Waals surface area contributed by atoms with E-state index in [1.54, 1.807) is 0 Å². The Balaban J connectivity index is 0.000000181. The molecule has 3 aromatic rings. The summed E-state index contributed by atoms with van der Waals surface area (Å²) in [4.78, 5) is -1.04. The van der Waals surface area contributed by atoms with Gasteiger partial charge in [-0.15, -0.1) is 0 Å². The lowest BCUT2D eigenvalue weighted by molar-refractivity contribution is -0.597. The smallest absolute Gasteiger partial charge is 0.357 e. The van der Waals surface area contributed by atoms with Gasteiger partial charge in [-0.2, -0.15) is 0 Å². The van der Waals surface area contributed by atoms with Crippen molar-refractivity contribution in [3.63, 3.8) is 0 Å². The molecule has 7 heteroatoms. The molecule has 0 aliphatic carbocycles. The van der Waals surface area contributed by atoms with Crippen LogP contribution in [0.4, 0.5) is 8.78 Å². The van der Waals surface area contributed by atoms with Crippen molar-refractivity contribution in [2.75, 3.05) is 0 Å². The summed E-state index contributed by atoms with van der Waals surface area (Å²) in [5.74, 6) is -2.30. The van der Waals surface area contributed by atoms with Gasteiger partial charge in [0.2, 0.25) is 0 Å². The van der Waals surface area contributed by atoms with Crippen LogP contribution in [0.5, 0.6) is 0 Å². The Morgan fingerprint density at radius 1 is 0.760 bits per heavy atom. The molecule has 0 amide bonds. The molecule has 0 spiro atoms. The first-order valence-electron chi connectivity index (χ1n) is 7.02. The zero-order chi connectivity index (χ0) is 18.3. The SMILES string of the molecule is O=S(=O)([O-])c1ccc(F)cc1F.c1ccc([I+]c2ccccc2)cc1. The van der Waals surface area contributed by atoms with Crippen molar-refractivity contribution >= 4 is 10.1 Å². The molecule has 0 heterocycles. The van der Waals surface area contributed by atoms with Crippen molar-refractivity contribution in [2.24, 2.45) is 0 Å². The van der Waals surface area contributed by atoms with Gasteiger partial charge in [0.15, 0.2) is 7.14 Å². The summed E-state index contributed by atoms with van der Waals surface area (Å²) >= 11 is 0.0287. The van der Waals surface area contributed by atoms with Crippen LogP contribution in [-0.2, 0) is 10.1 Å². The highest BCUT2D eigenvalue weighted by Crippen LogP contribution is 2.14. The molecule has 0 N–H and O–H groups in total. The van der Waals surface area contributed by atoms with Crippen LogP contribution in [0.25, 0.3) is 0 Å². The van der Waals surface area contributed by atoms with Crippen LogP contribution in [0.3, 0.4) is 0 Å². The molecule has 0 aliphatic heterocycles. The van der Waals surface area contributed by atoms with Gasteiger partial charge in [0.25, 0.3) is 0 Å². The largest absolute Gasteiger partial charge is 0.744 e. The van der Waals surface area contributed by atoms with Crippen molar-refractivity contribution in [3.05, 3.63) is 97.6 Å². The van der Waals surface area contributed by atoms with Crippen LogP contribution in [0, 0.1) is 18.8 Å². The van der Waals surface area contributed by atoms with E-state index in [0.29, 0.717) is 18.2 Å². The van der Waals surface area contributed by atoms with Gasteiger partial charge >= 0.3 is 21.2 Å². The monoisotopic (exact) mass is 474 g/mol. The third-order valence-electron chi connectivity index (χ3n) is 2.85. The van der Waals surface area contributed by atoms with Gasteiger partial charge in [-0.1, -0.05) is 36.4 Å². The minimum absolute atomic E-state index is 0.0287. The number of benzene rings is 3. The molecule has 0 aromatic heterocycles. The third kappa shape index (κ3) is 6.52. The van der Waals surface area contributed by atoms with Crippen molar-refractivity contribution in [2.45, 2.75) is 4.90 Å². The molecular formula is C18H13F2IO3S. The summed E-state index contributed by atoms with van der Waals surface area (Å²) in [7, 11) is -4.84. The molecule has 0 fully saturated rings. The van der Waals surface area contributed by atoms with Gasteiger partial charge in [-0.05, 0) is 36.4 Å². The molecule has 3 aromatic carbocycles. The maximum Gasteiger partial charge on any atom is 0.357 e. The van der Waals surface area contributed by atoms with E-state index >= 15 is 0 Å². The highest BCUT2D eigenvalue weighted by Gasteiger charge is 2.12. The fourth-order valence-electron chi connectivity index (χ4n) is 1.76. The van der Waals surface area contributed by atoms with Crippen molar-refractivity contribution in [1.82, 2.24) is 0 Å². The van der Waals surface area contributed by atoms with Crippen LogP contribution in [0.2, 0.25) is 0 Å². The first-order chi connectivity index (χ1) is 11.9. The molecule has 3 rings (SSSR count). The highest BCUT2D eigenvalue weighted by molar-refractivity contribution is 7.85. The van der Waals surface area contributed by atoms with Gasteiger partial charge < -0.3 is 4.55 Å². The summed E-state index contributed by atoms with van der Waals surface area (Å²) in [6.07, 6.45) is 0. The summed E-state index contributed by atoms with van der Waals surface area (Å²) in [6.45, 7) is 0. The molecular weight excluding hydrogens is 461 g/mol. The first-order valence-corrected chi connectivity index (χ1v) is 10.6. The van der Waals surface area contributed by atoms with Crippen LogP contribution in [0.1, 0.15) is 0 Å². The predicted octanol–water partition coefficient (Wildman–Crippen LogP) is 0.684. The van der Waals surface area contributed by atoms with E-state index < -0.39 is 26.6 Å². The molecule has 0 bridgehead atoms. The summed E-state index contributed by atoms with van der Waals surface area (Å²) in [5, 5.41) is 0. The molecule has 0 saturated heterocycles.